The van der Waals surface area contributed by atoms with Gasteiger partial charge in [-0.2, -0.15) is 0 Å². The second-order valence-corrected chi connectivity index (χ2v) is 4.85. The number of rotatable bonds is 9. The molecule has 0 aliphatic carbocycles. The van der Waals surface area contributed by atoms with Crippen molar-refractivity contribution in [1.82, 2.24) is 4.90 Å². The molecule has 5 nitrogen and oxygen atoms in total. The highest BCUT2D eigenvalue weighted by Crippen LogP contribution is 2.09. The smallest absolute Gasteiger partial charge is 0.333 e. The number of Topliss-reactive ketones (excluding diaryl/α,β-unsaturated/α-hetero) is 1. The molecule has 0 rings (SSSR count). The molecule has 1 unspecified atom stereocenters. The summed E-state index contributed by atoms with van der Waals surface area (Å²) in [4.78, 5) is 36.2. The molecular weight excluding hydrogens is 258 g/mol. The SMILES string of the molecule is C=C(C)C(=O)OCC(CC)N(CCCC)C(=O)C(C)=O. The molecule has 0 aromatic carbocycles. The zero-order chi connectivity index (χ0) is 15.7. The lowest BCUT2D eigenvalue weighted by atomic mass is 10.1. The van der Waals surface area contributed by atoms with Crippen molar-refractivity contribution in [2.24, 2.45) is 0 Å². The van der Waals surface area contributed by atoms with Crippen LogP contribution in [-0.4, -0.2) is 41.8 Å². The first-order valence-corrected chi connectivity index (χ1v) is 6.99. The van der Waals surface area contributed by atoms with Crippen molar-refractivity contribution in [3.8, 4) is 0 Å². The van der Waals surface area contributed by atoms with E-state index in [0.717, 1.165) is 12.8 Å². The molecule has 0 saturated heterocycles. The Labute approximate surface area is 121 Å². The number of hydrogen-bond acceptors (Lipinski definition) is 4. The van der Waals surface area contributed by atoms with Gasteiger partial charge in [0.15, 0.2) is 0 Å². The number of esters is 1. The van der Waals surface area contributed by atoms with Crippen LogP contribution in [0.1, 0.15) is 47.0 Å². The van der Waals surface area contributed by atoms with Crippen LogP contribution in [0.4, 0.5) is 0 Å². The fraction of sp³-hybridized carbons (Fsp3) is 0.667. The van der Waals surface area contributed by atoms with Gasteiger partial charge in [-0.3, -0.25) is 9.59 Å². The second-order valence-electron chi connectivity index (χ2n) is 4.85. The van der Waals surface area contributed by atoms with E-state index in [1.165, 1.54) is 11.8 Å². The molecule has 0 saturated carbocycles. The van der Waals surface area contributed by atoms with E-state index in [0.29, 0.717) is 18.5 Å². The Kier molecular flexibility index (Phi) is 8.52. The van der Waals surface area contributed by atoms with Gasteiger partial charge in [0, 0.05) is 19.0 Å². The normalized spacial score (nSPS) is 11.6. The standard InChI is InChI=1S/C15H25NO4/c1-6-8-9-16(14(18)12(5)17)13(7-2)10-20-15(19)11(3)4/h13H,3,6-10H2,1-2,4-5H3. The summed E-state index contributed by atoms with van der Waals surface area (Å²) in [7, 11) is 0. The molecule has 0 aromatic rings. The Bertz CT molecular complexity index is 376. The number of hydrogen-bond donors (Lipinski definition) is 0. The first-order valence-electron chi connectivity index (χ1n) is 6.99. The number of ketones is 1. The highest BCUT2D eigenvalue weighted by atomic mass is 16.5. The molecule has 0 bridgehead atoms. The first-order chi connectivity index (χ1) is 9.34. The van der Waals surface area contributed by atoms with Crippen LogP contribution in [-0.2, 0) is 19.1 Å². The van der Waals surface area contributed by atoms with Crippen molar-refractivity contribution in [3.63, 3.8) is 0 Å². The highest BCUT2D eigenvalue weighted by molar-refractivity contribution is 6.35. The van der Waals surface area contributed by atoms with Gasteiger partial charge in [0.2, 0.25) is 5.78 Å². The number of nitrogens with zero attached hydrogens (tertiary/aromatic N) is 1. The summed E-state index contributed by atoms with van der Waals surface area (Å²) in [5.74, 6) is -1.49. The van der Waals surface area contributed by atoms with Crippen molar-refractivity contribution >= 4 is 17.7 Å². The van der Waals surface area contributed by atoms with Crippen LogP contribution in [0.3, 0.4) is 0 Å². The Morgan fingerprint density at radius 3 is 2.20 bits per heavy atom. The fourth-order valence-corrected chi connectivity index (χ4v) is 1.70. The van der Waals surface area contributed by atoms with E-state index in [4.69, 9.17) is 4.74 Å². The van der Waals surface area contributed by atoms with Gasteiger partial charge in [0.1, 0.15) is 6.61 Å². The molecule has 1 atom stereocenters. The summed E-state index contributed by atoms with van der Waals surface area (Å²) < 4.78 is 5.10. The van der Waals surface area contributed by atoms with Crippen LogP contribution in [0.2, 0.25) is 0 Å². The number of carbonyl (C=O) groups is 3. The second kappa shape index (κ2) is 9.28. The molecule has 1 amide bonds. The van der Waals surface area contributed by atoms with Gasteiger partial charge in [0.05, 0.1) is 6.04 Å². The third-order valence-electron chi connectivity index (χ3n) is 2.98. The van der Waals surface area contributed by atoms with Crippen molar-refractivity contribution in [2.45, 2.75) is 53.0 Å². The van der Waals surface area contributed by atoms with E-state index in [-0.39, 0.29) is 12.6 Å². The number of amides is 1. The summed E-state index contributed by atoms with van der Waals surface area (Å²) in [6, 6.07) is -0.277. The number of ether oxygens (including phenoxy) is 1. The lowest BCUT2D eigenvalue weighted by molar-refractivity contribution is -0.149. The zero-order valence-electron chi connectivity index (χ0n) is 12.9. The minimum atomic E-state index is -0.517. The largest absolute Gasteiger partial charge is 0.460 e. The molecule has 0 N–H and O–H groups in total. The van der Waals surface area contributed by atoms with E-state index >= 15 is 0 Å². The van der Waals surface area contributed by atoms with Gasteiger partial charge in [-0.15, -0.1) is 0 Å². The lowest BCUT2D eigenvalue weighted by Gasteiger charge is -2.30. The minimum Gasteiger partial charge on any atom is -0.460 e. The number of unbranched alkanes of at least 4 members (excludes halogenated alkanes) is 1. The summed E-state index contributed by atoms with van der Waals surface area (Å²) >= 11 is 0. The van der Waals surface area contributed by atoms with Crippen LogP contribution in [0.15, 0.2) is 12.2 Å². The summed E-state index contributed by atoms with van der Waals surface area (Å²) in [6.45, 7) is 10.8. The van der Waals surface area contributed by atoms with Crippen molar-refractivity contribution in [3.05, 3.63) is 12.2 Å². The van der Waals surface area contributed by atoms with Gasteiger partial charge < -0.3 is 9.64 Å². The monoisotopic (exact) mass is 283 g/mol. The quantitative estimate of drug-likeness (QED) is 0.369. The average molecular weight is 283 g/mol. The molecule has 0 aliphatic heterocycles. The predicted octanol–water partition coefficient (Wildman–Crippen LogP) is 2.10. The Balaban J connectivity index is 4.80. The molecule has 5 heteroatoms. The molecule has 0 radical (unpaired) electrons. The molecular formula is C15H25NO4. The van der Waals surface area contributed by atoms with E-state index in [1.807, 2.05) is 13.8 Å². The fourth-order valence-electron chi connectivity index (χ4n) is 1.70. The maximum Gasteiger partial charge on any atom is 0.333 e. The van der Waals surface area contributed by atoms with Crippen LogP contribution < -0.4 is 0 Å². The van der Waals surface area contributed by atoms with Crippen LogP contribution in [0, 0.1) is 0 Å². The van der Waals surface area contributed by atoms with Gasteiger partial charge in [-0.25, -0.2) is 4.79 Å². The van der Waals surface area contributed by atoms with Gasteiger partial charge in [0.25, 0.3) is 5.91 Å². The third-order valence-corrected chi connectivity index (χ3v) is 2.98. The van der Waals surface area contributed by atoms with E-state index < -0.39 is 17.7 Å². The summed E-state index contributed by atoms with van der Waals surface area (Å²) in [5.41, 5.74) is 0.317. The molecule has 20 heavy (non-hydrogen) atoms. The Morgan fingerprint density at radius 1 is 1.20 bits per heavy atom. The molecule has 0 fully saturated rings. The number of carbonyl (C=O) groups excluding carboxylic acids is 3. The van der Waals surface area contributed by atoms with Crippen LogP contribution in [0.5, 0.6) is 0 Å². The van der Waals surface area contributed by atoms with Crippen molar-refractivity contribution in [2.75, 3.05) is 13.2 Å². The van der Waals surface area contributed by atoms with Crippen LogP contribution in [0.25, 0.3) is 0 Å². The maximum absolute atomic E-state index is 11.9. The molecule has 0 spiro atoms. The van der Waals surface area contributed by atoms with Crippen LogP contribution >= 0.6 is 0 Å². The van der Waals surface area contributed by atoms with E-state index in [9.17, 15) is 14.4 Å². The van der Waals surface area contributed by atoms with E-state index in [1.54, 1.807) is 6.92 Å². The summed E-state index contributed by atoms with van der Waals surface area (Å²) in [5, 5.41) is 0. The predicted molar refractivity (Wildman–Crippen MR) is 77.2 cm³/mol. The van der Waals surface area contributed by atoms with E-state index in [2.05, 4.69) is 6.58 Å². The third kappa shape index (κ3) is 5.99. The zero-order valence-corrected chi connectivity index (χ0v) is 12.9. The minimum absolute atomic E-state index is 0.0882. The lowest BCUT2D eigenvalue weighted by Crippen LogP contribution is -2.46. The molecule has 114 valence electrons. The molecule has 0 heterocycles. The Hall–Kier alpha value is -1.65. The highest BCUT2D eigenvalue weighted by Gasteiger charge is 2.25. The van der Waals surface area contributed by atoms with Crippen molar-refractivity contribution < 1.29 is 19.1 Å². The first kappa shape index (κ1) is 18.4. The topological polar surface area (TPSA) is 63.7 Å². The Morgan fingerprint density at radius 2 is 1.80 bits per heavy atom. The van der Waals surface area contributed by atoms with Gasteiger partial charge in [-0.05, 0) is 19.8 Å². The van der Waals surface area contributed by atoms with Crippen molar-refractivity contribution in [1.29, 1.82) is 0 Å². The molecule has 0 aliphatic rings. The maximum atomic E-state index is 11.9. The molecule has 0 aromatic heterocycles. The van der Waals surface area contributed by atoms with Gasteiger partial charge in [-0.1, -0.05) is 26.8 Å². The van der Waals surface area contributed by atoms with Gasteiger partial charge >= 0.3 is 5.97 Å². The average Bonchev–Trinajstić information content (AvgIpc) is 2.41. The summed E-state index contributed by atoms with van der Waals surface area (Å²) in [6.07, 6.45) is 2.35.